The van der Waals surface area contributed by atoms with Crippen molar-refractivity contribution < 1.29 is 8.42 Å². The zero-order chi connectivity index (χ0) is 7.21. The van der Waals surface area contributed by atoms with Crippen LogP contribution >= 0.6 is 33.9 Å². The summed E-state index contributed by atoms with van der Waals surface area (Å²) in [4.78, 5) is 0. The second-order valence-corrected chi connectivity index (χ2v) is 4.64. The third-order valence-electron chi connectivity index (χ3n) is 0. The molecule has 0 aliphatic rings. The van der Waals surface area contributed by atoms with E-state index in [0.29, 0.717) is 0 Å². The van der Waals surface area contributed by atoms with E-state index in [0.717, 1.165) is 6.26 Å². The molecule has 0 spiro atoms. The van der Waals surface area contributed by atoms with Gasteiger partial charge in [0, 0.05) is 10.7 Å². The van der Waals surface area contributed by atoms with E-state index in [-0.39, 0.29) is 5.34 Å². The second-order valence-electron chi connectivity index (χ2n) is 0.783. The van der Waals surface area contributed by atoms with Crippen LogP contribution in [0.3, 0.4) is 0 Å². The van der Waals surface area contributed by atoms with Gasteiger partial charge in [0.25, 0.3) is 0 Å². The van der Waals surface area contributed by atoms with Gasteiger partial charge < -0.3 is 0 Å². The molecular weight excluding hydrogens is 194 g/mol. The van der Waals surface area contributed by atoms with Gasteiger partial charge in [0.15, 0.2) is 0 Å². The Kier molecular flexibility index (Phi) is 8.62. The molecule has 0 radical (unpaired) electrons. The summed E-state index contributed by atoms with van der Waals surface area (Å²) in [6, 6.07) is 0. The van der Waals surface area contributed by atoms with Crippen LogP contribution in [0.2, 0.25) is 0 Å². The lowest BCUT2D eigenvalue weighted by Gasteiger charge is -1.65. The van der Waals surface area contributed by atoms with Crippen LogP contribution in [0, 0.1) is 0 Å². The summed E-state index contributed by atoms with van der Waals surface area (Å²) in [7, 11) is 1.31. The average molecular weight is 199 g/mol. The topological polar surface area (TPSA) is 34.1 Å². The molecule has 0 bridgehead atoms. The molecule has 0 aromatic heterocycles. The van der Waals surface area contributed by atoms with Gasteiger partial charge in [-0.3, -0.25) is 0 Å². The smallest absolute Gasteiger partial charge is 0.213 e. The van der Waals surface area contributed by atoms with Crippen molar-refractivity contribution in [2.75, 3.05) is 11.6 Å². The number of halogens is 3. The summed E-state index contributed by atoms with van der Waals surface area (Å²) in [6.45, 7) is 0. The Hall–Kier alpha value is 0.820. The van der Waals surface area contributed by atoms with Crippen molar-refractivity contribution in [2.45, 2.75) is 0 Å². The standard InChI is InChI=1S/CH2Cl2.CH3ClO2S/c2-1-3;1-5(2,3)4/h1H2;1H3. The van der Waals surface area contributed by atoms with Crippen LogP contribution in [-0.2, 0) is 9.05 Å². The molecule has 0 aromatic rings. The van der Waals surface area contributed by atoms with Crippen molar-refractivity contribution in [2.24, 2.45) is 0 Å². The monoisotopic (exact) mass is 198 g/mol. The SMILES string of the molecule is CS(=O)(=O)Cl.ClCCl. The Balaban J connectivity index is 0. The van der Waals surface area contributed by atoms with Gasteiger partial charge in [0.05, 0.1) is 11.6 Å². The number of rotatable bonds is 0. The quantitative estimate of drug-likeness (QED) is 0.439. The van der Waals surface area contributed by atoms with Crippen molar-refractivity contribution in [1.82, 2.24) is 0 Å². The zero-order valence-corrected chi connectivity index (χ0v) is 7.15. The molecule has 0 N–H and O–H groups in total. The van der Waals surface area contributed by atoms with E-state index in [9.17, 15) is 8.42 Å². The maximum absolute atomic E-state index is 9.40. The Bertz CT molecular complexity index is 109. The lowest BCUT2D eigenvalue weighted by Crippen LogP contribution is -1.76. The number of alkyl halides is 2. The van der Waals surface area contributed by atoms with Gasteiger partial charge >= 0.3 is 0 Å². The number of hydrogen-bond donors (Lipinski definition) is 0. The summed E-state index contributed by atoms with van der Waals surface area (Å²) < 4.78 is 18.8. The zero-order valence-electron chi connectivity index (χ0n) is 4.07. The fourth-order valence-electron chi connectivity index (χ4n) is 0. The lowest BCUT2D eigenvalue weighted by molar-refractivity contribution is 0.615. The molecule has 0 aromatic carbocycles. The molecule has 0 amide bonds. The third-order valence-corrected chi connectivity index (χ3v) is 0. The van der Waals surface area contributed by atoms with Crippen LogP contribution in [-0.4, -0.2) is 20.0 Å². The first-order chi connectivity index (χ1) is 3.41. The molecule has 0 aliphatic carbocycles. The van der Waals surface area contributed by atoms with E-state index < -0.39 is 9.05 Å². The summed E-state index contributed by atoms with van der Waals surface area (Å²) in [5.41, 5.74) is 0. The highest BCUT2D eigenvalue weighted by atomic mass is 35.7. The van der Waals surface area contributed by atoms with Gasteiger partial charge in [-0.25, -0.2) is 8.42 Å². The van der Waals surface area contributed by atoms with Gasteiger partial charge in [-0.05, 0) is 0 Å². The molecule has 0 unspecified atom stereocenters. The minimum absolute atomic E-state index is 0.194. The summed E-state index contributed by atoms with van der Waals surface area (Å²) >= 11 is 9.53. The first-order valence-corrected chi connectivity index (χ1v) is 5.22. The van der Waals surface area contributed by atoms with Gasteiger partial charge in [-0.2, -0.15) is 0 Å². The lowest BCUT2D eigenvalue weighted by atomic mass is 11.9. The van der Waals surface area contributed by atoms with Crippen molar-refractivity contribution in [1.29, 1.82) is 0 Å². The van der Waals surface area contributed by atoms with E-state index in [2.05, 4.69) is 10.7 Å². The average Bonchev–Trinajstić information content (AvgIpc) is 1.27. The Labute approximate surface area is 63.1 Å². The van der Waals surface area contributed by atoms with Crippen LogP contribution in [0.4, 0.5) is 0 Å². The Morgan fingerprint density at radius 3 is 1.38 bits per heavy atom. The molecule has 0 heterocycles. The first kappa shape index (κ1) is 11.6. The van der Waals surface area contributed by atoms with Gasteiger partial charge in [0.1, 0.15) is 0 Å². The fourth-order valence-corrected chi connectivity index (χ4v) is 0. The van der Waals surface area contributed by atoms with Crippen molar-refractivity contribution in [3.8, 4) is 0 Å². The molecule has 0 aliphatic heterocycles. The predicted octanol–water partition coefficient (Wildman–Crippen LogP) is 1.61. The van der Waals surface area contributed by atoms with Crippen LogP contribution in [0.5, 0.6) is 0 Å². The molecule has 0 fully saturated rings. The fraction of sp³-hybridized carbons (Fsp3) is 1.00. The largest absolute Gasteiger partial charge is 0.229 e. The summed E-state index contributed by atoms with van der Waals surface area (Å²) in [5.74, 6) is 0. The molecule has 6 heteroatoms. The van der Waals surface area contributed by atoms with Gasteiger partial charge in [-0.15, -0.1) is 23.2 Å². The van der Waals surface area contributed by atoms with Crippen LogP contribution in [0.1, 0.15) is 0 Å². The molecule has 2 nitrogen and oxygen atoms in total. The highest BCUT2D eigenvalue weighted by Gasteiger charge is 1.83. The molecule has 0 saturated carbocycles. The first-order valence-electron chi connectivity index (χ1n) is 1.43. The van der Waals surface area contributed by atoms with Gasteiger partial charge in [0.2, 0.25) is 9.05 Å². The van der Waals surface area contributed by atoms with Crippen molar-refractivity contribution in [3.63, 3.8) is 0 Å². The summed E-state index contributed by atoms with van der Waals surface area (Å²) in [5, 5.41) is 0.194. The molecule has 0 rings (SSSR count). The normalized spacial score (nSPS) is 9.50. The highest BCUT2D eigenvalue weighted by Crippen LogP contribution is 1.83. The maximum atomic E-state index is 9.40. The molecular formula is C2H5Cl3O2S. The van der Waals surface area contributed by atoms with E-state index in [1.165, 1.54) is 0 Å². The van der Waals surface area contributed by atoms with E-state index in [1.807, 2.05) is 0 Å². The third kappa shape index (κ3) is 344. The molecule has 0 saturated heterocycles. The molecule has 52 valence electrons. The minimum Gasteiger partial charge on any atom is -0.213 e. The maximum Gasteiger partial charge on any atom is 0.229 e. The molecule has 0 atom stereocenters. The second kappa shape index (κ2) is 5.95. The van der Waals surface area contributed by atoms with E-state index >= 15 is 0 Å². The summed E-state index contributed by atoms with van der Waals surface area (Å²) in [6.07, 6.45) is 0.925. The Morgan fingerprint density at radius 1 is 1.38 bits per heavy atom. The van der Waals surface area contributed by atoms with E-state index in [4.69, 9.17) is 23.2 Å². The van der Waals surface area contributed by atoms with Crippen LogP contribution in [0.15, 0.2) is 0 Å². The molecule has 8 heavy (non-hydrogen) atoms. The van der Waals surface area contributed by atoms with Crippen LogP contribution < -0.4 is 0 Å². The highest BCUT2D eigenvalue weighted by molar-refractivity contribution is 8.13. The van der Waals surface area contributed by atoms with Crippen molar-refractivity contribution >= 4 is 42.9 Å². The van der Waals surface area contributed by atoms with Crippen molar-refractivity contribution in [3.05, 3.63) is 0 Å². The number of hydrogen-bond acceptors (Lipinski definition) is 2. The predicted molar refractivity (Wildman–Crippen MR) is 37.3 cm³/mol. The minimum atomic E-state index is -3.19. The van der Waals surface area contributed by atoms with Crippen LogP contribution in [0.25, 0.3) is 0 Å². The van der Waals surface area contributed by atoms with Gasteiger partial charge in [-0.1, -0.05) is 0 Å². The van der Waals surface area contributed by atoms with E-state index in [1.54, 1.807) is 0 Å². The Morgan fingerprint density at radius 2 is 1.38 bits per heavy atom.